The largest absolute Gasteiger partial charge is 0.393 e. The Bertz CT molecular complexity index is 404. The first-order chi connectivity index (χ1) is 9.06. The molecule has 0 spiro atoms. The Morgan fingerprint density at radius 1 is 1.21 bits per heavy atom. The fraction of sp³-hybridized carbons (Fsp3) is 0.714. The fourth-order valence-electron chi connectivity index (χ4n) is 2.36. The van der Waals surface area contributed by atoms with Gasteiger partial charge in [-0.3, -0.25) is 0 Å². The van der Waals surface area contributed by atoms with Gasteiger partial charge in [-0.05, 0) is 39.9 Å². The van der Waals surface area contributed by atoms with Crippen molar-refractivity contribution < 1.29 is 5.11 Å². The van der Waals surface area contributed by atoms with Crippen molar-refractivity contribution >= 4 is 5.82 Å². The molecule has 5 heteroatoms. The maximum absolute atomic E-state index is 9.37. The van der Waals surface area contributed by atoms with E-state index in [1.54, 1.807) is 6.33 Å². The molecular weight excluding hydrogens is 240 g/mol. The monoisotopic (exact) mass is 264 g/mol. The van der Waals surface area contributed by atoms with Gasteiger partial charge >= 0.3 is 0 Å². The summed E-state index contributed by atoms with van der Waals surface area (Å²) in [5.74, 6) is 1.39. The van der Waals surface area contributed by atoms with Crippen LogP contribution in [0.1, 0.15) is 30.9 Å². The van der Waals surface area contributed by atoms with Crippen molar-refractivity contribution in [1.82, 2.24) is 14.9 Å². The normalized spacial score (nSPS) is 22.4. The summed E-state index contributed by atoms with van der Waals surface area (Å²) >= 11 is 0. The quantitative estimate of drug-likeness (QED) is 0.834. The lowest BCUT2D eigenvalue weighted by molar-refractivity contribution is 0.0732. The van der Waals surface area contributed by atoms with Gasteiger partial charge in [0.2, 0.25) is 0 Å². The Kier molecular flexibility index (Phi) is 4.71. The van der Waals surface area contributed by atoms with Crippen LogP contribution >= 0.6 is 0 Å². The number of hydrogen-bond donors (Lipinski definition) is 1. The van der Waals surface area contributed by atoms with Crippen molar-refractivity contribution in [1.29, 1.82) is 0 Å². The van der Waals surface area contributed by atoms with Crippen LogP contribution in [0.15, 0.2) is 12.4 Å². The summed E-state index contributed by atoms with van der Waals surface area (Å²) in [4.78, 5) is 13.0. The molecule has 0 atom stereocenters. The second-order valence-electron chi connectivity index (χ2n) is 5.70. The molecule has 1 fully saturated rings. The fourth-order valence-corrected chi connectivity index (χ4v) is 2.36. The van der Waals surface area contributed by atoms with E-state index in [0.29, 0.717) is 5.92 Å². The highest BCUT2D eigenvalue weighted by Crippen LogP contribution is 2.36. The molecule has 1 N–H and O–H groups in total. The van der Waals surface area contributed by atoms with Crippen LogP contribution in [-0.4, -0.2) is 60.3 Å². The molecule has 0 aromatic carbocycles. The summed E-state index contributed by atoms with van der Waals surface area (Å²) < 4.78 is 0. The van der Waals surface area contributed by atoms with Crippen molar-refractivity contribution in [3.05, 3.63) is 18.1 Å². The Morgan fingerprint density at radius 2 is 1.95 bits per heavy atom. The summed E-state index contributed by atoms with van der Waals surface area (Å²) in [7, 11) is 6.24. The first-order valence-corrected chi connectivity index (χ1v) is 6.92. The molecule has 1 aromatic heterocycles. The zero-order valence-electron chi connectivity index (χ0n) is 12.1. The first kappa shape index (κ1) is 14.2. The molecule has 0 aliphatic heterocycles. The van der Waals surface area contributed by atoms with Crippen molar-refractivity contribution in [2.45, 2.75) is 31.3 Å². The van der Waals surface area contributed by atoms with Crippen LogP contribution in [0, 0.1) is 0 Å². The molecule has 0 bridgehead atoms. The molecule has 0 radical (unpaired) electrons. The van der Waals surface area contributed by atoms with E-state index >= 15 is 0 Å². The number of nitrogens with zero attached hydrogens (tertiary/aromatic N) is 4. The molecule has 1 heterocycles. The van der Waals surface area contributed by atoms with E-state index in [4.69, 9.17) is 0 Å². The minimum absolute atomic E-state index is 0.138. The molecule has 1 saturated carbocycles. The number of anilines is 1. The lowest BCUT2D eigenvalue weighted by Crippen LogP contribution is -2.28. The van der Waals surface area contributed by atoms with Crippen molar-refractivity contribution in [3.63, 3.8) is 0 Å². The Morgan fingerprint density at radius 3 is 2.58 bits per heavy atom. The topological polar surface area (TPSA) is 52.5 Å². The van der Waals surface area contributed by atoms with Gasteiger partial charge in [0.05, 0.1) is 6.10 Å². The highest BCUT2D eigenvalue weighted by Gasteiger charge is 2.29. The van der Waals surface area contributed by atoms with E-state index in [1.807, 2.05) is 0 Å². The van der Waals surface area contributed by atoms with Crippen LogP contribution in [0.2, 0.25) is 0 Å². The predicted molar refractivity (Wildman–Crippen MR) is 76.5 cm³/mol. The summed E-state index contributed by atoms with van der Waals surface area (Å²) in [5.41, 5.74) is 1.06. The maximum atomic E-state index is 9.37. The third-order valence-electron chi connectivity index (χ3n) is 3.70. The van der Waals surface area contributed by atoms with Crippen molar-refractivity contribution in [3.8, 4) is 0 Å². The van der Waals surface area contributed by atoms with Gasteiger partial charge in [-0.2, -0.15) is 0 Å². The highest BCUT2D eigenvalue weighted by atomic mass is 16.3. The van der Waals surface area contributed by atoms with E-state index in [2.05, 4.69) is 47.0 Å². The molecule has 0 saturated heterocycles. The van der Waals surface area contributed by atoms with Gasteiger partial charge in [0, 0.05) is 31.3 Å². The molecule has 1 aliphatic rings. The molecule has 19 heavy (non-hydrogen) atoms. The Hall–Kier alpha value is -1.20. The molecule has 1 aliphatic carbocycles. The summed E-state index contributed by atoms with van der Waals surface area (Å²) in [6, 6.07) is 2.06. The van der Waals surface area contributed by atoms with E-state index in [-0.39, 0.29) is 6.10 Å². The molecular formula is C14H24N4O. The maximum Gasteiger partial charge on any atom is 0.131 e. The van der Waals surface area contributed by atoms with Crippen LogP contribution in [0.5, 0.6) is 0 Å². The summed E-state index contributed by atoms with van der Waals surface area (Å²) in [6.45, 7) is 2.07. The second-order valence-corrected chi connectivity index (χ2v) is 5.70. The number of aromatic nitrogens is 2. The van der Waals surface area contributed by atoms with Gasteiger partial charge in [0.1, 0.15) is 12.1 Å². The zero-order chi connectivity index (χ0) is 13.8. The van der Waals surface area contributed by atoms with Crippen LogP contribution in [0.4, 0.5) is 5.82 Å². The van der Waals surface area contributed by atoms with Crippen molar-refractivity contribution in [2.24, 2.45) is 0 Å². The van der Waals surface area contributed by atoms with Crippen molar-refractivity contribution in [2.75, 3.05) is 39.1 Å². The average Bonchev–Trinajstić information content (AvgIpc) is 2.34. The lowest BCUT2D eigenvalue weighted by atomic mass is 9.80. The SMILES string of the molecule is CN(C)CCCN(C)c1cc(C2CC(O)C2)ncn1. The molecule has 0 unspecified atom stereocenters. The van der Waals surface area contributed by atoms with Crippen LogP contribution in [0.3, 0.4) is 0 Å². The summed E-state index contributed by atoms with van der Waals surface area (Å²) in [5, 5.41) is 9.37. The second kappa shape index (κ2) is 6.30. The van der Waals surface area contributed by atoms with Gasteiger partial charge in [-0.25, -0.2) is 9.97 Å². The molecule has 1 aromatic rings. The Labute approximate surface area is 115 Å². The number of rotatable bonds is 6. The predicted octanol–water partition coefficient (Wildman–Crippen LogP) is 1.10. The van der Waals surface area contributed by atoms with E-state index in [9.17, 15) is 5.11 Å². The summed E-state index contributed by atoms with van der Waals surface area (Å²) in [6.07, 6.45) is 4.28. The van der Waals surface area contributed by atoms with E-state index in [0.717, 1.165) is 43.9 Å². The molecule has 5 nitrogen and oxygen atoms in total. The van der Waals surface area contributed by atoms with Crippen LogP contribution < -0.4 is 4.90 Å². The van der Waals surface area contributed by atoms with Gasteiger partial charge < -0.3 is 14.9 Å². The number of aliphatic hydroxyl groups excluding tert-OH is 1. The standard InChI is InChI=1S/C14H24N4O/c1-17(2)5-4-6-18(3)14-9-13(15-10-16-14)11-7-12(19)8-11/h9-12,19H,4-8H2,1-3H3. The van der Waals surface area contributed by atoms with E-state index < -0.39 is 0 Å². The zero-order valence-corrected chi connectivity index (χ0v) is 12.1. The molecule has 0 amide bonds. The number of hydrogen-bond acceptors (Lipinski definition) is 5. The molecule has 2 rings (SSSR count). The average molecular weight is 264 g/mol. The smallest absolute Gasteiger partial charge is 0.131 e. The minimum atomic E-state index is -0.138. The van der Waals surface area contributed by atoms with Gasteiger partial charge in [0.15, 0.2) is 0 Å². The lowest BCUT2D eigenvalue weighted by Gasteiger charge is -2.31. The Balaban J connectivity index is 1.90. The van der Waals surface area contributed by atoms with Gasteiger partial charge in [0.25, 0.3) is 0 Å². The minimum Gasteiger partial charge on any atom is -0.393 e. The van der Waals surface area contributed by atoms with Crippen LogP contribution in [-0.2, 0) is 0 Å². The van der Waals surface area contributed by atoms with E-state index in [1.165, 1.54) is 0 Å². The molecule has 106 valence electrons. The van der Waals surface area contributed by atoms with Gasteiger partial charge in [-0.15, -0.1) is 0 Å². The third kappa shape index (κ3) is 3.88. The number of aliphatic hydroxyl groups is 1. The highest BCUT2D eigenvalue weighted by molar-refractivity contribution is 5.39. The third-order valence-corrected chi connectivity index (χ3v) is 3.70. The first-order valence-electron chi connectivity index (χ1n) is 6.92. The van der Waals surface area contributed by atoms with Gasteiger partial charge in [-0.1, -0.05) is 0 Å². The van der Waals surface area contributed by atoms with Crippen LogP contribution in [0.25, 0.3) is 0 Å².